The van der Waals surface area contributed by atoms with Crippen LogP contribution >= 0.6 is 24.0 Å². The molecule has 7 nitrogen and oxygen atoms in total. The number of ether oxygens (including phenoxy) is 1. The lowest BCUT2D eigenvalue weighted by Gasteiger charge is -2.39. The fourth-order valence-electron chi connectivity index (χ4n) is 2.19. The zero-order valence-corrected chi connectivity index (χ0v) is 17.8. The predicted molar refractivity (Wildman–Crippen MR) is 102 cm³/mol. The van der Waals surface area contributed by atoms with E-state index in [2.05, 4.69) is 10.3 Å². The molecule has 1 N–H and O–H groups in total. The summed E-state index contributed by atoms with van der Waals surface area (Å²) >= 11 is 0. The van der Waals surface area contributed by atoms with Gasteiger partial charge >= 0.3 is 5.97 Å². The molecule has 0 unspecified atom stereocenters. The topological polar surface area (TPSA) is 88.1 Å². The van der Waals surface area contributed by atoms with E-state index in [-0.39, 0.29) is 42.2 Å². The quantitative estimate of drug-likeness (QED) is 0.286. The molecule has 0 bridgehead atoms. The SMILES string of the molecule is CN=C(NCC(=O)OC(C)(C)C)N1CCS(=O)(=O)C(C)(C)C1.I. The minimum atomic E-state index is -3.11. The average molecular weight is 461 g/mol. The van der Waals surface area contributed by atoms with Crippen molar-refractivity contribution in [2.75, 3.05) is 32.4 Å². The number of rotatable bonds is 2. The normalized spacial score (nSPS) is 20.4. The summed E-state index contributed by atoms with van der Waals surface area (Å²) < 4.78 is 28.4. The minimum Gasteiger partial charge on any atom is -0.459 e. The van der Waals surface area contributed by atoms with Gasteiger partial charge in [0, 0.05) is 20.1 Å². The van der Waals surface area contributed by atoms with Crippen LogP contribution in [-0.4, -0.2) is 68.0 Å². The minimum absolute atomic E-state index is 0. The zero-order valence-electron chi connectivity index (χ0n) is 14.7. The molecule has 0 aromatic carbocycles. The van der Waals surface area contributed by atoms with Crippen LogP contribution in [0, 0.1) is 0 Å². The van der Waals surface area contributed by atoms with Crippen molar-refractivity contribution in [1.82, 2.24) is 10.2 Å². The number of guanidine groups is 1. The van der Waals surface area contributed by atoms with Crippen LogP contribution in [0.25, 0.3) is 0 Å². The standard InChI is InChI=1S/C14H27N3O4S.HI/c1-13(2,3)21-11(18)9-16-12(15-6)17-7-8-22(19,20)14(4,5)10-17;/h7-10H2,1-6H3,(H,15,16);1H. The molecule has 1 fully saturated rings. The van der Waals surface area contributed by atoms with Gasteiger partial charge in [-0.25, -0.2) is 8.42 Å². The highest BCUT2D eigenvalue weighted by Gasteiger charge is 2.41. The predicted octanol–water partition coefficient (Wildman–Crippen LogP) is 1.03. The van der Waals surface area contributed by atoms with Crippen LogP contribution in [0.15, 0.2) is 4.99 Å². The fraction of sp³-hybridized carbons (Fsp3) is 0.857. The number of aliphatic imine (C=N–C) groups is 1. The van der Waals surface area contributed by atoms with Crippen LogP contribution in [-0.2, 0) is 19.4 Å². The van der Waals surface area contributed by atoms with Gasteiger partial charge in [0.25, 0.3) is 0 Å². The van der Waals surface area contributed by atoms with E-state index < -0.39 is 20.2 Å². The number of hydrogen-bond donors (Lipinski definition) is 1. The number of carbonyl (C=O) groups is 1. The second kappa shape index (κ2) is 8.00. The molecule has 1 heterocycles. The molecular weight excluding hydrogens is 433 g/mol. The Kier molecular flexibility index (Phi) is 7.80. The molecule has 0 saturated carbocycles. The molecule has 1 saturated heterocycles. The molecule has 0 atom stereocenters. The molecule has 23 heavy (non-hydrogen) atoms. The first-order valence-electron chi connectivity index (χ1n) is 7.28. The van der Waals surface area contributed by atoms with Gasteiger partial charge in [-0.05, 0) is 34.6 Å². The molecule has 1 aliphatic heterocycles. The average Bonchev–Trinajstić information content (AvgIpc) is 2.32. The lowest BCUT2D eigenvalue weighted by molar-refractivity contribution is -0.153. The summed E-state index contributed by atoms with van der Waals surface area (Å²) in [4.78, 5) is 17.7. The highest BCUT2D eigenvalue weighted by Crippen LogP contribution is 2.23. The van der Waals surface area contributed by atoms with Gasteiger partial charge in [0.1, 0.15) is 12.1 Å². The van der Waals surface area contributed by atoms with Gasteiger partial charge in [-0.1, -0.05) is 0 Å². The number of nitrogens with zero attached hydrogens (tertiary/aromatic N) is 2. The molecule has 0 aliphatic carbocycles. The van der Waals surface area contributed by atoms with E-state index in [1.54, 1.807) is 41.7 Å². The van der Waals surface area contributed by atoms with Crippen LogP contribution in [0.4, 0.5) is 0 Å². The molecule has 0 spiro atoms. The molecule has 1 aliphatic rings. The Bertz CT molecular complexity index is 553. The summed E-state index contributed by atoms with van der Waals surface area (Å²) in [6.45, 7) is 9.51. The van der Waals surface area contributed by atoms with Crippen LogP contribution in [0.3, 0.4) is 0 Å². The summed E-state index contributed by atoms with van der Waals surface area (Å²) in [5.74, 6) is 0.207. The second-order valence-electron chi connectivity index (χ2n) is 6.99. The van der Waals surface area contributed by atoms with Gasteiger partial charge in [-0.3, -0.25) is 9.79 Å². The van der Waals surface area contributed by atoms with Crippen molar-refractivity contribution in [1.29, 1.82) is 0 Å². The maximum atomic E-state index is 12.0. The lowest BCUT2D eigenvalue weighted by Crippen LogP contribution is -2.57. The summed E-state index contributed by atoms with van der Waals surface area (Å²) in [5, 5.41) is 2.93. The van der Waals surface area contributed by atoms with Crippen molar-refractivity contribution in [2.24, 2.45) is 4.99 Å². The third-order valence-electron chi connectivity index (χ3n) is 3.37. The molecule has 0 amide bonds. The van der Waals surface area contributed by atoms with E-state index >= 15 is 0 Å². The molecule has 0 aromatic rings. The van der Waals surface area contributed by atoms with E-state index in [1.807, 2.05) is 4.90 Å². The van der Waals surface area contributed by atoms with Crippen molar-refractivity contribution in [3.63, 3.8) is 0 Å². The summed E-state index contributed by atoms with van der Waals surface area (Å²) in [6.07, 6.45) is 0. The third kappa shape index (κ3) is 6.44. The highest BCUT2D eigenvalue weighted by molar-refractivity contribution is 14.0. The van der Waals surface area contributed by atoms with Crippen LogP contribution in [0.5, 0.6) is 0 Å². The number of halogens is 1. The largest absolute Gasteiger partial charge is 0.459 e. The number of esters is 1. The van der Waals surface area contributed by atoms with Gasteiger partial charge in [-0.15, -0.1) is 24.0 Å². The number of nitrogens with one attached hydrogen (secondary N) is 1. The van der Waals surface area contributed by atoms with E-state index in [1.165, 1.54) is 0 Å². The first-order chi connectivity index (χ1) is 9.88. The number of hydrogen-bond acceptors (Lipinski definition) is 5. The Balaban J connectivity index is 0.00000484. The first kappa shape index (κ1) is 22.4. The summed E-state index contributed by atoms with van der Waals surface area (Å²) in [6, 6.07) is 0. The van der Waals surface area contributed by atoms with Crippen LogP contribution < -0.4 is 5.32 Å². The number of sulfone groups is 1. The van der Waals surface area contributed by atoms with Gasteiger partial charge in [0.05, 0.1) is 10.5 Å². The molecule has 0 radical (unpaired) electrons. The molecule has 136 valence electrons. The molecule has 9 heteroatoms. The van der Waals surface area contributed by atoms with Gasteiger partial charge in [0.2, 0.25) is 0 Å². The van der Waals surface area contributed by atoms with Crippen molar-refractivity contribution >= 4 is 45.7 Å². The van der Waals surface area contributed by atoms with Crippen LogP contribution in [0.1, 0.15) is 34.6 Å². The Morgan fingerprint density at radius 1 is 1.35 bits per heavy atom. The van der Waals surface area contributed by atoms with E-state index in [0.717, 1.165) is 0 Å². The second-order valence-corrected chi connectivity index (χ2v) is 9.73. The van der Waals surface area contributed by atoms with Crippen molar-refractivity contribution in [3.8, 4) is 0 Å². The van der Waals surface area contributed by atoms with Crippen molar-refractivity contribution in [2.45, 2.75) is 45.0 Å². The molecular formula is C14H28IN3O4S. The van der Waals surface area contributed by atoms with E-state index in [9.17, 15) is 13.2 Å². The fourth-order valence-corrected chi connectivity index (χ4v) is 3.55. The Hall–Kier alpha value is -0.580. The summed E-state index contributed by atoms with van der Waals surface area (Å²) in [5.41, 5.74) is -0.538. The Morgan fingerprint density at radius 2 is 1.91 bits per heavy atom. The Morgan fingerprint density at radius 3 is 2.35 bits per heavy atom. The van der Waals surface area contributed by atoms with Gasteiger partial charge < -0.3 is 15.0 Å². The maximum absolute atomic E-state index is 12.0. The van der Waals surface area contributed by atoms with Gasteiger partial charge in [0.15, 0.2) is 15.8 Å². The lowest BCUT2D eigenvalue weighted by atomic mass is 10.2. The van der Waals surface area contributed by atoms with E-state index in [0.29, 0.717) is 19.0 Å². The highest BCUT2D eigenvalue weighted by atomic mass is 127. The number of carbonyl (C=O) groups excluding carboxylic acids is 1. The smallest absolute Gasteiger partial charge is 0.325 e. The van der Waals surface area contributed by atoms with Crippen LogP contribution in [0.2, 0.25) is 0 Å². The molecule has 0 aromatic heterocycles. The third-order valence-corrected chi connectivity index (χ3v) is 5.90. The van der Waals surface area contributed by atoms with Crippen molar-refractivity contribution < 1.29 is 17.9 Å². The van der Waals surface area contributed by atoms with E-state index in [4.69, 9.17) is 4.74 Å². The van der Waals surface area contributed by atoms with Crippen molar-refractivity contribution in [3.05, 3.63) is 0 Å². The Labute approximate surface area is 156 Å². The van der Waals surface area contributed by atoms with Gasteiger partial charge in [-0.2, -0.15) is 0 Å². The molecule has 1 rings (SSSR count). The first-order valence-corrected chi connectivity index (χ1v) is 8.93. The maximum Gasteiger partial charge on any atom is 0.325 e. The monoisotopic (exact) mass is 461 g/mol. The zero-order chi connectivity index (χ0) is 17.2. The summed E-state index contributed by atoms with van der Waals surface area (Å²) in [7, 11) is -1.50.